The molecule has 3 aromatic carbocycles. The fourth-order valence-electron chi connectivity index (χ4n) is 3.32. The molecule has 4 aromatic rings. The summed E-state index contributed by atoms with van der Waals surface area (Å²) >= 11 is 0. The fourth-order valence-corrected chi connectivity index (χ4v) is 3.32. The summed E-state index contributed by atoms with van der Waals surface area (Å²) in [6.07, 6.45) is 0. The van der Waals surface area contributed by atoms with E-state index in [4.69, 9.17) is 10.5 Å². The van der Waals surface area contributed by atoms with Gasteiger partial charge in [-0.05, 0) is 66.2 Å². The van der Waals surface area contributed by atoms with Crippen LogP contribution in [0.4, 0.5) is 23.0 Å². The van der Waals surface area contributed by atoms with Crippen LogP contribution in [0.15, 0.2) is 72.8 Å². The minimum absolute atomic E-state index is 0.172. The number of carbonyl (C=O) groups excluding carboxylic acids is 2. The second-order valence-electron chi connectivity index (χ2n) is 7.59. The number of H-pyrrole nitrogens is 1. The molecule has 0 aliphatic heterocycles. The van der Waals surface area contributed by atoms with Crippen molar-refractivity contribution >= 4 is 34.8 Å². The third kappa shape index (κ3) is 5.69. The molecule has 1 heterocycles. The van der Waals surface area contributed by atoms with Gasteiger partial charge in [-0.2, -0.15) is 5.10 Å². The zero-order chi connectivity index (χ0) is 24.8. The van der Waals surface area contributed by atoms with Crippen LogP contribution < -0.4 is 26.4 Å². The largest absolute Gasteiger partial charge is 0.508 e. The van der Waals surface area contributed by atoms with Gasteiger partial charge in [0.25, 0.3) is 11.8 Å². The standard InChI is InChI=1S/C25H24N6O4/c1-35-20-12-4-16(5-13-20)25(34)29-18-8-6-17(7-9-18)28-24-21(22(26)33)23(30-31-24)27-14-15-2-10-19(32)11-3-15/h2-13,32H,14H2,1H3,(H2,26,33)(H,29,34)(H3,27,28,30,31). The van der Waals surface area contributed by atoms with E-state index in [-0.39, 0.29) is 23.0 Å². The minimum atomic E-state index is -0.655. The van der Waals surface area contributed by atoms with Crippen LogP contribution in [0.5, 0.6) is 11.5 Å². The summed E-state index contributed by atoms with van der Waals surface area (Å²) in [5, 5.41) is 25.3. The van der Waals surface area contributed by atoms with Gasteiger partial charge in [0.15, 0.2) is 5.82 Å². The van der Waals surface area contributed by atoms with Crippen LogP contribution in [0.2, 0.25) is 0 Å². The first kappa shape index (κ1) is 23.2. The fraction of sp³-hybridized carbons (Fsp3) is 0.0800. The second kappa shape index (κ2) is 10.3. The van der Waals surface area contributed by atoms with E-state index in [1.165, 1.54) is 0 Å². The molecule has 0 atom stereocenters. The number of nitrogens with two attached hydrogens (primary N) is 1. The highest BCUT2D eigenvalue weighted by atomic mass is 16.5. The van der Waals surface area contributed by atoms with Crippen LogP contribution in [0.1, 0.15) is 26.3 Å². The Labute approximate surface area is 201 Å². The minimum Gasteiger partial charge on any atom is -0.508 e. The van der Waals surface area contributed by atoms with E-state index < -0.39 is 5.91 Å². The van der Waals surface area contributed by atoms with E-state index in [2.05, 4.69) is 26.1 Å². The van der Waals surface area contributed by atoms with E-state index >= 15 is 0 Å². The van der Waals surface area contributed by atoms with Gasteiger partial charge in [-0.1, -0.05) is 12.1 Å². The summed E-state index contributed by atoms with van der Waals surface area (Å²) in [6.45, 7) is 0.394. The number of ether oxygens (including phenoxy) is 1. The Morgan fingerprint density at radius 3 is 2.26 bits per heavy atom. The first-order chi connectivity index (χ1) is 16.9. The first-order valence-electron chi connectivity index (χ1n) is 10.7. The highest BCUT2D eigenvalue weighted by Crippen LogP contribution is 2.26. The molecule has 10 heteroatoms. The Morgan fingerprint density at radius 2 is 1.63 bits per heavy atom. The Hall–Kier alpha value is -4.99. The van der Waals surface area contributed by atoms with Crippen LogP contribution in [0.3, 0.4) is 0 Å². The number of rotatable bonds is 9. The molecule has 7 N–H and O–H groups in total. The molecule has 0 radical (unpaired) electrons. The van der Waals surface area contributed by atoms with E-state index in [0.717, 1.165) is 5.56 Å². The van der Waals surface area contributed by atoms with E-state index in [1.807, 2.05) is 0 Å². The lowest BCUT2D eigenvalue weighted by Gasteiger charge is -2.09. The van der Waals surface area contributed by atoms with Crippen molar-refractivity contribution in [2.45, 2.75) is 6.54 Å². The molecule has 35 heavy (non-hydrogen) atoms. The number of aromatic hydroxyl groups is 1. The molecule has 0 aliphatic carbocycles. The number of nitrogens with zero attached hydrogens (tertiary/aromatic N) is 1. The molecule has 0 unspecified atom stereocenters. The average Bonchev–Trinajstić information content (AvgIpc) is 3.27. The first-order valence-corrected chi connectivity index (χ1v) is 10.7. The number of methoxy groups -OCH3 is 1. The number of primary amides is 1. The molecule has 0 spiro atoms. The number of amides is 2. The lowest BCUT2D eigenvalue weighted by atomic mass is 10.2. The maximum absolute atomic E-state index is 12.4. The van der Waals surface area contributed by atoms with Crippen molar-refractivity contribution < 1.29 is 19.4 Å². The number of hydrogen-bond acceptors (Lipinski definition) is 7. The maximum atomic E-state index is 12.4. The number of nitrogens with one attached hydrogen (secondary N) is 4. The van der Waals surface area contributed by atoms with Gasteiger partial charge in [0.1, 0.15) is 22.9 Å². The Kier molecular flexibility index (Phi) is 6.82. The third-order valence-corrected chi connectivity index (χ3v) is 5.18. The number of benzene rings is 3. The molecule has 0 saturated heterocycles. The molecule has 0 aliphatic rings. The van der Waals surface area contributed by atoms with Crippen molar-refractivity contribution in [1.29, 1.82) is 0 Å². The number of aromatic nitrogens is 2. The van der Waals surface area contributed by atoms with Crippen molar-refractivity contribution in [1.82, 2.24) is 10.2 Å². The normalized spacial score (nSPS) is 10.4. The highest BCUT2D eigenvalue weighted by Gasteiger charge is 2.18. The zero-order valence-electron chi connectivity index (χ0n) is 18.8. The Bertz CT molecular complexity index is 1320. The summed E-state index contributed by atoms with van der Waals surface area (Å²) in [6, 6.07) is 20.4. The van der Waals surface area contributed by atoms with Gasteiger partial charge < -0.3 is 31.5 Å². The highest BCUT2D eigenvalue weighted by molar-refractivity contribution is 6.04. The van der Waals surface area contributed by atoms with Crippen molar-refractivity contribution in [3.05, 3.63) is 89.5 Å². The maximum Gasteiger partial charge on any atom is 0.256 e. The number of aromatic amines is 1. The molecule has 4 rings (SSSR count). The summed E-state index contributed by atoms with van der Waals surface area (Å²) in [7, 11) is 1.56. The molecule has 0 fully saturated rings. The van der Waals surface area contributed by atoms with E-state index in [9.17, 15) is 14.7 Å². The van der Waals surface area contributed by atoms with Crippen LogP contribution >= 0.6 is 0 Å². The Morgan fingerprint density at radius 1 is 0.971 bits per heavy atom. The van der Waals surface area contributed by atoms with Crippen molar-refractivity contribution in [3.63, 3.8) is 0 Å². The molecule has 1 aromatic heterocycles. The number of anilines is 4. The van der Waals surface area contributed by atoms with Crippen LogP contribution in [0.25, 0.3) is 0 Å². The summed E-state index contributed by atoms with van der Waals surface area (Å²) < 4.78 is 5.10. The molecular formula is C25H24N6O4. The lowest BCUT2D eigenvalue weighted by Crippen LogP contribution is -2.15. The molecular weight excluding hydrogens is 448 g/mol. The Balaban J connectivity index is 1.41. The SMILES string of the molecule is COc1ccc(C(=O)Nc2ccc(Nc3n[nH]c(NCc4ccc(O)cc4)c3C(N)=O)cc2)cc1. The number of hydrogen-bond donors (Lipinski definition) is 6. The monoisotopic (exact) mass is 472 g/mol. The molecule has 10 nitrogen and oxygen atoms in total. The average molecular weight is 473 g/mol. The van der Waals surface area contributed by atoms with Gasteiger partial charge in [0, 0.05) is 23.5 Å². The van der Waals surface area contributed by atoms with E-state index in [1.54, 1.807) is 79.9 Å². The quantitative estimate of drug-likeness (QED) is 0.216. The predicted octanol–water partition coefficient (Wildman–Crippen LogP) is 3.83. The third-order valence-electron chi connectivity index (χ3n) is 5.18. The zero-order valence-corrected chi connectivity index (χ0v) is 18.8. The molecule has 2 amide bonds. The van der Waals surface area contributed by atoms with Crippen molar-refractivity contribution in [3.8, 4) is 11.5 Å². The second-order valence-corrected chi connectivity index (χ2v) is 7.59. The summed E-state index contributed by atoms with van der Waals surface area (Å²) in [5.41, 5.74) is 8.42. The van der Waals surface area contributed by atoms with Gasteiger partial charge >= 0.3 is 0 Å². The van der Waals surface area contributed by atoms with Gasteiger partial charge in [-0.3, -0.25) is 14.7 Å². The van der Waals surface area contributed by atoms with Crippen LogP contribution in [-0.2, 0) is 6.54 Å². The van der Waals surface area contributed by atoms with Crippen LogP contribution in [0, 0.1) is 0 Å². The summed E-state index contributed by atoms with van der Waals surface area (Å²) in [5.74, 6) is 0.575. The number of phenols is 1. The van der Waals surface area contributed by atoms with Gasteiger partial charge in [0.2, 0.25) is 0 Å². The van der Waals surface area contributed by atoms with Crippen molar-refractivity contribution in [2.24, 2.45) is 5.73 Å². The number of carbonyl (C=O) groups is 2. The molecule has 0 bridgehead atoms. The topological polar surface area (TPSA) is 154 Å². The molecule has 178 valence electrons. The lowest BCUT2D eigenvalue weighted by molar-refractivity contribution is 0.0999. The van der Waals surface area contributed by atoms with Gasteiger partial charge in [0.05, 0.1) is 7.11 Å². The van der Waals surface area contributed by atoms with E-state index in [0.29, 0.717) is 35.1 Å². The number of phenolic OH excluding ortho intramolecular Hbond substituents is 1. The smallest absolute Gasteiger partial charge is 0.256 e. The van der Waals surface area contributed by atoms with Gasteiger partial charge in [-0.15, -0.1) is 0 Å². The van der Waals surface area contributed by atoms with Crippen molar-refractivity contribution in [2.75, 3.05) is 23.1 Å². The predicted molar refractivity (Wildman–Crippen MR) is 133 cm³/mol. The van der Waals surface area contributed by atoms with Crippen LogP contribution in [-0.4, -0.2) is 34.2 Å². The molecule has 0 saturated carbocycles. The van der Waals surface area contributed by atoms with Gasteiger partial charge in [-0.25, -0.2) is 0 Å². The summed E-state index contributed by atoms with van der Waals surface area (Å²) in [4.78, 5) is 24.5.